The van der Waals surface area contributed by atoms with Crippen molar-refractivity contribution in [2.24, 2.45) is 0 Å². The molecule has 0 heterocycles. The molecular formula is C14H11NNa. The average Bonchev–Trinajstić information content (AvgIpc) is 2.33. The summed E-state index contributed by atoms with van der Waals surface area (Å²) in [5.41, 5.74) is 2.09. The van der Waals surface area contributed by atoms with Crippen LogP contribution in [-0.2, 0) is 0 Å². The van der Waals surface area contributed by atoms with Crippen LogP contribution in [0.3, 0.4) is 0 Å². The van der Waals surface area contributed by atoms with Gasteiger partial charge in [-0.05, 0) is 11.1 Å². The largest absolute Gasteiger partial charge is 0.197 e. The third-order valence-corrected chi connectivity index (χ3v) is 2.39. The predicted octanol–water partition coefficient (Wildman–Crippen LogP) is 2.96. The summed E-state index contributed by atoms with van der Waals surface area (Å²) >= 11 is 0. The average molecular weight is 216 g/mol. The number of benzene rings is 2. The van der Waals surface area contributed by atoms with Gasteiger partial charge in [0.15, 0.2) is 0 Å². The summed E-state index contributed by atoms with van der Waals surface area (Å²) in [6.45, 7) is 0. The van der Waals surface area contributed by atoms with Gasteiger partial charge in [0, 0.05) is 29.6 Å². The molecule has 16 heavy (non-hydrogen) atoms. The second kappa shape index (κ2) is 6.50. The van der Waals surface area contributed by atoms with Crippen LogP contribution in [-0.4, -0.2) is 29.6 Å². The van der Waals surface area contributed by atoms with Crippen LogP contribution < -0.4 is 0 Å². The van der Waals surface area contributed by atoms with Gasteiger partial charge in [-0.3, -0.25) is 0 Å². The van der Waals surface area contributed by atoms with E-state index in [0.717, 1.165) is 11.1 Å². The van der Waals surface area contributed by atoms with E-state index < -0.39 is 0 Å². The molecular weight excluding hydrogens is 205 g/mol. The first-order valence-electron chi connectivity index (χ1n) is 4.91. The summed E-state index contributed by atoms with van der Waals surface area (Å²) in [6.07, 6.45) is 0. The molecule has 2 rings (SSSR count). The van der Waals surface area contributed by atoms with Crippen molar-refractivity contribution in [1.29, 1.82) is 5.26 Å². The maximum atomic E-state index is 9.18. The van der Waals surface area contributed by atoms with Crippen molar-refractivity contribution >= 4 is 29.6 Å². The van der Waals surface area contributed by atoms with Crippen LogP contribution in [0.25, 0.3) is 0 Å². The summed E-state index contributed by atoms with van der Waals surface area (Å²) in [4.78, 5) is 0. The molecule has 0 unspecified atom stereocenters. The monoisotopic (exact) mass is 216 g/mol. The van der Waals surface area contributed by atoms with E-state index in [9.17, 15) is 5.26 Å². The van der Waals surface area contributed by atoms with Gasteiger partial charge in [0.2, 0.25) is 0 Å². The Kier molecular flexibility index (Phi) is 5.28. The van der Waals surface area contributed by atoms with Gasteiger partial charge < -0.3 is 0 Å². The SMILES string of the molecule is N#CC(c1ccccc1)c1ccccc1.[Na]. The molecule has 0 spiro atoms. The van der Waals surface area contributed by atoms with Crippen LogP contribution >= 0.6 is 0 Å². The van der Waals surface area contributed by atoms with Gasteiger partial charge in [-0.15, -0.1) is 0 Å². The van der Waals surface area contributed by atoms with E-state index in [2.05, 4.69) is 6.07 Å². The Morgan fingerprint density at radius 1 is 0.750 bits per heavy atom. The molecule has 2 aromatic carbocycles. The molecule has 0 atom stereocenters. The summed E-state index contributed by atoms with van der Waals surface area (Å²) < 4.78 is 0. The summed E-state index contributed by atoms with van der Waals surface area (Å²) in [6, 6.07) is 22.0. The molecule has 0 aliphatic carbocycles. The second-order valence-electron chi connectivity index (χ2n) is 3.38. The van der Waals surface area contributed by atoms with Crippen molar-refractivity contribution < 1.29 is 0 Å². The molecule has 2 aromatic rings. The summed E-state index contributed by atoms with van der Waals surface area (Å²) in [7, 11) is 0. The molecule has 0 N–H and O–H groups in total. The van der Waals surface area contributed by atoms with Crippen molar-refractivity contribution in [3.05, 3.63) is 71.8 Å². The first-order chi connectivity index (χ1) is 7.42. The van der Waals surface area contributed by atoms with E-state index in [4.69, 9.17) is 0 Å². The fraction of sp³-hybridized carbons (Fsp3) is 0.0714. The van der Waals surface area contributed by atoms with Gasteiger partial charge in [0.05, 0.1) is 12.0 Å². The van der Waals surface area contributed by atoms with E-state index in [1.54, 1.807) is 0 Å². The molecule has 1 radical (unpaired) electrons. The smallest absolute Gasteiger partial charge is 0.0962 e. The molecule has 0 bridgehead atoms. The number of hydrogen-bond donors (Lipinski definition) is 0. The fourth-order valence-corrected chi connectivity index (χ4v) is 1.63. The van der Waals surface area contributed by atoms with Crippen molar-refractivity contribution in [2.45, 2.75) is 5.92 Å². The van der Waals surface area contributed by atoms with Crippen molar-refractivity contribution in [3.8, 4) is 6.07 Å². The molecule has 1 nitrogen and oxygen atoms in total. The van der Waals surface area contributed by atoms with Crippen molar-refractivity contribution in [3.63, 3.8) is 0 Å². The van der Waals surface area contributed by atoms with Gasteiger partial charge in [-0.1, -0.05) is 60.7 Å². The Balaban J connectivity index is 0.00000128. The van der Waals surface area contributed by atoms with Gasteiger partial charge in [0.1, 0.15) is 0 Å². The van der Waals surface area contributed by atoms with Crippen LogP contribution in [0.5, 0.6) is 0 Å². The van der Waals surface area contributed by atoms with E-state index in [1.807, 2.05) is 60.7 Å². The van der Waals surface area contributed by atoms with E-state index in [-0.39, 0.29) is 35.5 Å². The maximum Gasteiger partial charge on any atom is 0.0962 e. The van der Waals surface area contributed by atoms with E-state index in [0.29, 0.717) is 0 Å². The minimum Gasteiger partial charge on any atom is -0.197 e. The Hall–Kier alpha value is -1.07. The summed E-state index contributed by atoms with van der Waals surface area (Å²) in [5, 5.41) is 9.18. The Bertz CT molecular complexity index is 420. The van der Waals surface area contributed by atoms with Gasteiger partial charge in [-0.25, -0.2) is 0 Å². The minimum absolute atomic E-state index is 0. The van der Waals surface area contributed by atoms with Gasteiger partial charge in [0.25, 0.3) is 0 Å². The topological polar surface area (TPSA) is 23.8 Å². The van der Waals surface area contributed by atoms with Crippen LogP contribution in [0.2, 0.25) is 0 Å². The second-order valence-corrected chi connectivity index (χ2v) is 3.38. The standard InChI is InChI=1S/C14H11N.Na/c15-11-14(12-7-3-1-4-8-12)13-9-5-2-6-10-13;/h1-10,14H;. The molecule has 0 aliphatic rings. The summed E-state index contributed by atoms with van der Waals surface area (Å²) in [5.74, 6) is -0.160. The van der Waals surface area contributed by atoms with Crippen molar-refractivity contribution in [2.75, 3.05) is 0 Å². The van der Waals surface area contributed by atoms with Crippen LogP contribution in [0.15, 0.2) is 60.7 Å². The number of nitrogens with zero attached hydrogens (tertiary/aromatic N) is 1. The third-order valence-electron chi connectivity index (χ3n) is 2.39. The third kappa shape index (κ3) is 2.96. The van der Waals surface area contributed by atoms with Gasteiger partial charge >= 0.3 is 0 Å². The Morgan fingerprint density at radius 3 is 1.44 bits per heavy atom. The fourth-order valence-electron chi connectivity index (χ4n) is 1.63. The number of hydrogen-bond acceptors (Lipinski definition) is 1. The molecule has 0 saturated heterocycles. The van der Waals surface area contributed by atoms with E-state index >= 15 is 0 Å². The van der Waals surface area contributed by atoms with Crippen LogP contribution in [0.4, 0.5) is 0 Å². The first kappa shape index (κ1) is 13.0. The van der Waals surface area contributed by atoms with Crippen molar-refractivity contribution in [1.82, 2.24) is 0 Å². The quantitative estimate of drug-likeness (QED) is 0.708. The normalized spacial score (nSPS) is 9.25. The Morgan fingerprint density at radius 2 is 1.12 bits per heavy atom. The first-order valence-corrected chi connectivity index (χ1v) is 4.91. The molecule has 0 aliphatic heterocycles. The molecule has 0 aromatic heterocycles. The van der Waals surface area contributed by atoms with Crippen LogP contribution in [0, 0.1) is 11.3 Å². The minimum atomic E-state index is -0.160. The molecule has 73 valence electrons. The van der Waals surface area contributed by atoms with Gasteiger partial charge in [-0.2, -0.15) is 5.26 Å². The maximum absolute atomic E-state index is 9.18. The van der Waals surface area contributed by atoms with E-state index in [1.165, 1.54) is 0 Å². The molecule has 2 heteroatoms. The van der Waals surface area contributed by atoms with Crippen LogP contribution in [0.1, 0.15) is 17.0 Å². The predicted molar refractivity (Wildman–Crippen MR) is 66.1 cm³/mol. The number of rotatable bonds is 2. The Labute approximate surface area is 118 Å². The zero-order valence-electron chi connectivity index (χ0n) is 9.30. The zero-order valence-corrected chi connectivity index (χ0v) is 11.3. The number of nitriles is 1. The zero-order chi connectivity index (χ0) is 10.5. The molecule has 0 fully saturated rings. The molecule has 0 saturated carbocycles. The molecule has 0 amide bonds.